The first-order valence-electron chi connectivity index (χ1n) is 9.55. The Kier molecular flexibility index (Phi) is 7.60. The molecule has 0 fully saturated rings. The number of benzene rings is 2. The second-order valence-corrected chi connectivity index (χ2v) is 6.77. The Hall–Kier alpha value is -2.82. The summed E-state index contributed by atoms with van der Waals surface area (Å²) in [6.07, 6.45) is -4.20. The molecule has 0 atom stereocenters. The molecule has 2 heterocycles. The maximum absolute atomic E-state index is 13.0. The number of H-pyrrole nitrogens is 1. The zero-order valence-electron chi connectivity index (χ0n) is 16.5. The van der Waals surface area contributed by atoms with Crippen molar-refractivity contribution in [3.05, 3.63) is 71.7 Å². The van der Waals surface area contributed by atoms with E-state index in [1.165, 1.54) is 6.07 Å². The van der Waals surface area contributed by atoms with Crippen molar-refractivity contribution in [1.29, 1.82) is 0 Å². The van der Waals surface area contributed by atoms with Crippen LogP contribution in [0.1, 0.15) is 24.0 Å². The van der Waals surface area contributed by atoms with Gasteiger partial charge >= 0.3 is 35.7 Å². The zero-order valence-corrected chi connectivity index (χ0v) is 16.5. The van der Waals surface area contributed by atoms with Gasteiger partial charge in [0.1, 0.15) is 5.82 Å². The molecule has 2 aromatic carbocycles. The molecule has 0 radical (unpaired) electrons. The third-order valence-corrected chi connectivity index (χ3v) is 4.66. The van der Waals surface area contributed by atoms with Crippen LogP contribution < -0.4 is 5.32 Å². The number of aromatic nitrogens is 6. The number of nitrogens with one attached hydrogen (secondary N) is 2. The molecular formula is C21H19F3N7Na. The topological polar surface area (TPSA) is 92.3 Å². The molecule has 0 bridgehead atoms. The van der Waals surface area contributed by atoms with Gasteiger partial charge in [0.2, 0.25) is 5.82 Å². The molecule has 0 aliphatic carbocycles. The molecule has 0 saturated carbocycles. The molecule has 0 aliphatic rings. The summed E-state index contributed by atoms with van der Waals surface area (Å²) in [5, 5.41) is 16.9. The summed E-state index contributed by atoms with van der Waals surface area (Å²) in [6, 6.07) is 17.0. The van der Waals surface area contributed by atoms with Gasteiger partial charge in [-0.1, -0.05) is 55.5 Å². The normalized spacial score (nSPS) is 11.1. The third kappa shape index (κ3) is 5.50. The molecule has 0 amide bonds. The van der Waals surface area contributed by atoms with Crippen molar-refractivity contribution in [1.82, 2.24) is 30.6 Å². The fraction of sp³-hybridized carbons (Fsp3) is 0.190. The van der Waals surface area contributed by atoms with Crippen molar-refractivity contribution >= 4 is 35.4 Å². The van der Waals surface area contributed by atoms with Crippen LogP contribution in [0.2, 0.25) is 0 Å². The van der Waals surface area contributed by atoms with Crippen molar-refractivity contribution in [3.8, 4) is 22.5 Å². The molecule has 11 heteroatoms. The van der Waals surface area contributed by atoms with Crippen LogP contribution in [0.4, 0.5) is 19.0 Å². The Labute approximate surface area is 204 Å². The van der Waals surface area contributed by atoms with Gasteiger partial charge in [0, 0.05) is 23.9 Å². The van der Waals surface area contributed by atoms with Gasteiger partial charge < -0.3 is 5.32 Å². The number of anilines is 1. The summed E-state index contributed by atoms with van der Waals surface area (Å²) in [4.78, 5) is 7.16. The van der Waals surface area contributed by atoms with Crippen LogP contribution in [0, 0.1) is 0 Å². The Morgan fingerprint density at radius 3 is 2.31 bits per heavy atom. The number of rotatable bonds is 6. The van der Waals surface area contributed by atoms with E-state index < -0.39 is 12.0 Å². The molecule has 32 heavy (non-hydrogen) atoms. The van der Waals surface area contributed by atoms with Gasteiger partial charge in [-0.2, -0.15) is 13.2 Å². The molecule has 0 unspecified atom stereocenters. The molecule has 0 spiro atoms. The molecule has 4 aromatic rings. The van der Waals surface area contributed by atoms with Crippen LogP contribution in [0.5, 0.6) is 0 Å². The van der Waals surface area contributed by atoms with Gasteiger partial charge in [-0.15, -0.1) is 5.10 Å². The van der Waals surface area contributed by atoms with E-state index in [1.54, 1.807) is 6.92 Å². The number of hydrogen-bond acceptors (Lipinski definition) is 6. The number of nitrogens with zero attached hydrogens (tertiary/aromatic N) is 5. The van der Waals surface area contributed by atoms with E-state index in [1.807, 2.05) is 48.5 Å². The van der Waals surface area contributed by atoms with Crippen LogP contribution in [0.25, 0.3) is 22.5 Å². The average Bonchev–Trinajstić information content (AvgIpc) is 3.32. The van der Waals surface area contributed by atoms with Crippen molar-refractivity contribution in [2.75, 3.05) is 5.32 Å². The van der Waals surface area contributed by atoms with Gasteiger partial charge in [-0.25, -0.2) is 15.1 Å². The Bertz CT molecular complexity index is 1160. The van der Waals surface area contributed by atoms with E-state index in [2.05, 4.69) is 35.9 Å². The second kappa shape index (κ2) is 10.2. The molecule has 0 saturated heterocycles. The quantitative estimate of drug-likeness (QED) is 0.434. The van der Waals surface area contributed by atoms with E-state index in [9.17, 15) is 13.2 Å². The standard InChI is InChI=1S/C21H18F3N7.Na.H/c1-2-15-11-18(27-20(26-15)21(22,23)24)25-12-13-7-9-14(10-8-13)16-5-3-4-6-17(16)19-28-30-31-29-19;;/h3-11H,2,12H2,1H3,(H,25,26,27)(H,28,29,30,31);;. The first-order valence-corrected chi connectivity index (χ1v) is 9.55. The van der Waals surface area contributed by atoms with Crippen LogP contribution in [-0.2, 0) is 19.1 Å². The number of aryl methyl sites for hydroxylation is 1. The van der Waals surface area contributed by atoms with Crippen molar-refractivity contribution in [2.45, 2.75) is 26.1 Å². The molecule has 2 aromatic heterocycles. The number of alkyl halides is 3. The van der Waals surface area contributed by atoms with Gasteiger partial charge in [-0.05, 0) is 33.5 Å². The van der Waals surface area contributed by atoms with Gasteiger partial charge in [0.05, 0.1) is 0 Å². The predicted molar refractivity (Wildman–Crippen MR) is 116 cm³/mol. The monoisotopic (exact) mass is 449 g/mol. The van der Waals surface area contributed by atoms with E-state index >= 15 is 0 Å². The number of hydrogen-bond donors (Lipinski definition) is 2. The summed E-state index contributed by atoms with van der Waals surface area (Å²) in [5.41, 5.74) is 4.02. The first-order chi connectivity index (χ1) is 14.9. The Balaban J connectivity index is 0.00000289. The van der Waals surface area contributed by atoms with Gasteiger partial charge in [0.15, 0.2) is 5.82 Å². The molecule has 160 valence electrons. The molecule has 0 aliphatic heterocycles. The van der Waals surface area contributed by atoms with Crippen molar-refractivity contribution in [3.63, 3.8) is 0 Å². The first kappa shape index (κ1) is 23.8. The summed E-state index contributed by atoms with van der Waals surface area (Å²) in [7, 11) is 0. The van der Waals surface area contributed by atoms with E-state index in [4.69, 9.17) is 0 Å². The third-order valence-electron chi connectivity index (χ3n) is 4.66. The van der Waals surface area contributed by atoms with E-state index in [0.29, 0.717) is 24.5 Å². The van der Waals surface area contributed by atoms with Crippen LogP contribution in [0.15, 0.2) is 54.6 Å². The van der Waals surface area contributed by atoms with Gasteiger partial charge in [0.25, 0.3) is 0 Å². The molecular weight excluding hydrogens is 430 g/mol. The van der Waals surface area contributed by atoms with Crippen molar-refractivity contribution < 1.29 is 13.2 Å². The van der Waals surface area contributed by atoms with E-state index in [0.717, 1.165) is 22.3 Å². The summed E-state index contributed by atoms with van der Waals surface area (Å²) in [5.74, 6) is -0.424. The Morgan fingerprint density at radius 2 is 1.69 bits per heavy atom. The Morgan fingerprint density at radius 1 is 0.969 bits per heavy atom. The average molecular weight is 449 g/mol. The minimum atomic E-state index is -4.59. The molecule has 7 nitrogen and oxygen atoms in total. The van der Waals surface area contributed by atoms with Crippen LogP contribution in [0.3, 0.4) is 0 Å². The number of halogens is 3. The predicted octanol–water partition coefficient (Wildman–Crippen LogP) is 3.87. The molecule has 2 N–H and O–H groups in total. The SMILES string of the molecule is CCc1cc(NCc2ccc(-c3ccccc3-c3nnn[nH]3)cc2)nc(C(F)(F)F)n1.[NaH]. The molecule has 4 rings (SSSR count). The van der Waals surface area contributed by atoms with E-state index in [-0.39, 0.29) is 35.4 Å². The van der Waals surface area contributed by atoms with Crippen molar-refractivity contribution in [2.24, 2.45) is 0 Å². The van der Waals surface area contributed by atoms with Gasteiger partial charge in [-0.3, -0.25) is 0 Å². The maximum atomic E-state index is 13.0. The fourth-order valence-electron chi connectivity index (χ4n) is 3.11. The minimum absolute atomic E-state index is 0. The summed E-state index contributed by atoms with van der Waals surface area (Å²) < 4.78 is 39.1. The summed E-state index contributed by atoms with van der Waals surface area (Å²) >= 11 is 0. The summed E-state index contributed by atoms with van der Waals surface area (Å²) in [6.45, 7) is 2.07. The number of aromatic amines is 1. The van der Waals surface area contributed by atoms with Crippen LogP contribution in [-0.4, -0.2) is 60.1 Å². The fourth-order valence-corrected chi connectivity index (χ4v) is 3.11. The van der Waals surface area contributed by atoms with Crippen LogP contribution >= 0.6 is 0 Å². The number of tetrazole rings is 1. The zero-order chi connectivity index (χ0) is 21.8. The second-order valence-electron chi connectivity index (χ2n) is 6.77.